The first-order chi connectivity index (χ1) is 12.2. The fourth-order valence-corrected chi connectivity index (χ4v) is 4.04. The van der Waals surface area contributed by atoms with Gasteiger partial charge < -0.3 is 10.1 Å². The summed E-state index contributed by atoms with van der Waals surface area (Å²) in [4.78, 5) is 0. The van der Waals surface area contributed by atoms with E-state index in [9.17, 15) is 0 Å². The van der Waals surface area contributed by atoms with Crippen LogP contribution in [0.25, 0.3) is 0 Å². The van der Waals surface area contributed by atoms with Crippen molar-refractivity contribution in [1.82, 2.24) is 10.3 Å². The Balaban J connectivity index is 1.77. The van der Waals surface area contributed by atoms with Crippen LogP contribution in [0, 0.1) is 5.92 Å². The number of hydrogen-bond acceptors (Lipinski definition) is 3. The highest BCUT2D eigenvalue weighted by atomic mass is 32.1. The van der Waals surface area contributed by atoms with E-state index in [0.717, 1.165) is 24.3 Å². The van der Waals surface area contributed by atoms with Crippen molar-refractivity contribution in [2.24, 2.45) is 11.0 Å². The summed E-state index contributed by atoms with van der Waals surface area (Å²) in [6, 6.07) is 16.9. The van der Waals surface area contributed by atoms with Gasteiger partial charge in [-0.2, -0.15) is 5.10 Å². The quantitative estimate of drug-likeness (QED) is 0.840. The Morgan fingerprint density at radius 3 is 2.68 bits per heavy atom. The van der Waals surface area contributed by atoms with Crippen LogP contribution >= 0.6 is 12.2 Å². The second-order valence-corrected chi connectivity index (χ2v) is 6.79. The third-order valence-electron chi connectivity index (χ3n) is 5.11. The zero-order valence-electron chi connectivity index (χ0n) is 14.4. The number of nitrogens with one attached hydrogen (secondary N) is 1. The van der Waals surface area contributed by atoms with Gasteiger partial charge >= 0.3 is 0 Å². The number of benzene rings is 2. The van der Waals surface area contributed by atoms with E-state index in [-0.39, 0.29) is 6.04 Å². The molecule has 0 unspecified atom stereocenters. The second-order valence-electron chi connectivity index (χ2n) is 6.41. The third kappa shape index (κ3) is 2.68. The molecule has 4 nitrogen and oxygen atoms in total. The molecule has 2 aromatic carbocycles. The summed E-state index contributed by atoms with van der Waals surface area (Å²) in [6.07, 6.45) is 2.15. The highest BCUT2D eigenvalue weighted by molar-refractivity contribution is 7.80. The molecule has 5 heteroatoms. The van der Waals surface area contributed by atoms with Gasteiger partial charge in [0.2, 0.25) is 0 Å². The summed E-state index contributed by atoms with van der Waals surface area (Å²) in [5.41, 5.74) is 5.00. The van der Waals surface area contributed by atoms with Gasteiger partial charge in [-0.05, 0) is 48.3 Å². The number of thiocarbonyl (C=S) groups is 1. The number of rotatable bonds is 2. The lowest BCUT2D eigenvalue weighted by Crippen LogP contribution is -2.37. The molecule has 0 saturated heterocycles. The molecule has 1 aliphatic heterocycles. The van der Waals surface area contributed by atoms with Crippen LogP contribution in [-0.2, 0) is 6.42 Å². The van der Waals surface area contributed by atoms with E-state index in [2.05, 4.69) is 41.7 Å². The minimum Gasteiger partial charge on any atom is -0.497 e. The Morgan fingerprint density at radius 1 is 1.20 bits per heavy atom. The molecule has 2 aliphatic rings. The standard InChI is InChI=1S/C20H21N3OS/c1-21-20(25)23-19(14-7-10-15(24-2)11-8-14)17-12-9-13-5-3-4-6-16(13)18(17)22-23/h3-8,10-11,17,19H,9,12H2,1-2H3,(H,21,25)/t17-,19-/m0/s1. The maximum atomic E-state index is 5.54. The van der Waals surface area contributed by atoms with E-state index in [1.807, 2.05) is 24.2 Å². The van der Waals surface area contributed by atoms with Crippen LogP contribution in [0.5, 0.6) is 5.75 Å². The second kappa shape index (κ2) is 6.48. The van der Waals surface area contributed by atoms with Crippen LogP contribution in [0.1, 0.15) is 29.2 Å². The van der Waals surface area contributed by atoms with E-state index in [1.165, 1.54) is 16.7 Å². The molecule has 0 fully saturated rings. The summed E-state index contributed by atoms with van der Waals surface area (Å²) >= 11 is 5.54. The summed E-state index contributed by atoms with van der Waals surface area (Å²) in [5, 5.41) is 10.7. The number of fused-ring (bicyclic) bond motifs is 3. The zero-order chi connectivity index (χ0) is 17.4. The van der Waals surface area contributed by atoms with E-state index in [1.54, 1.807) is 7.11 Å². The van der Waals surface area contributed by atoms with Crippen molar-refractivity contribution in [2.75, 3.05) is 14.2 Å². The summed E-state index contributed by atoms with van der Waals surface area (Å²) < 4.78 is 5.30. The molecular formula is C20H21N3OS. The highest BCUT2D eigenvalue weighted by Crippen LogP contribution is 2.43. The van der Waals surface area contributed by atoms with Gasteiger partial charge in [0.05, 0.1) is 18.9 Å². The van der Waals surface area contributed by atoms with Crippen molar-refractivity contribution in [3.05, 3.63) is 65.2 Å². The maximum Gasteiger partial charge on any atom is 0.189 e. The van der Waals surface area contributed by atoms with Crippen LogP contribution in [0.3, 0.4) is 0 Å². The number of nitrogens with zero attached hydrogens (tertiary/aromatic N) is 2. The van der Waals surface area contributed by atoms with Gasteiger partial charge in [0.15, 0.2) is 5.11 Å². The molecule has 1 heterocycles. The minimum atomic E-state index is 0.120. The number of aryl methyl sites for hydroxylation is 1. The fraction of sp³-hybridized carbons (Fsp3) is 0.300. The van der Waals surface area contributed by atoms with Gasteiger partial charge in [0, 0.05) is 18.5 Å². The lowest BCUT2D eigenvalue weighted by molar-refractivity contribution is 0.305. The predicted molar refractivity (Wildman–Crippen MR) is 104 cm³/mol. The topological polar surface area (TPSA) is 36.9 Å². The van der Waals surface area contributed by atoms with Crippen LogP contribution in [0.2, 0.25) is 0 Å². The van der Waals surface area contributed by atoms with E-state index in [4.69, 9.17) is 22.1 Å². The van der Waals surface area contributed by atoms with Crippen molar-refractivity contribution in [3.8, 4) is 5.75 Å². The summed E-state index contributed by atoms with van der Waals surface area (Å²) in [6.45, 7) is 0. The third-order valence-corrected chi connectivity index (χ3v) is 5.50. The molecule has 1 aliphatic carbocycles. The molecule has 0 aromatic heterocycles. The zero-order valence-corrected chi connectivity index (χ0v) is 15.2. The number of hydrazone groups is 1. The van der Waals surface area contributed by atoms with Crippen LogP contribution < -0.4 is 10.1 Å². The highest BCUT2D eigenvalue weighted by Gasteiger charge is 2.42. The molecule has 0 spiro atoms. The Bertz CT molecular complexity index is 831. The molecule has 0 bridgehead atoms. The van der Waals surface area contributed by atoms with Gasteiger partial charge in [0.25, 0.3) is 0 Å². The molecule has 2 aromatic rings. The van der Waals surface area contributed by atoms with Gasteiger partial charge in [-0.3, -0.25) is 0 Å². The van der Waals surface area contributed by atoms with Crippen molar-refractivity contribution >= 4 is 23.0 Å². The molecule has 0 saturated carbocycles. The van der Waals surface area contributed by atoms with Crippen molar-refractivity contribution in [1.29, 1.82) is 0 Å². The summed E-state index contributed by atoms with van der Waals surface area (Å²) in [7, 11) is 3.54. The average molecular weight is 351 g/mol. The predicted octanol–water partition coefficient (Wildman–Crippen LogP) is 3.52. The molecule has 0 radical (unpaired) electrons. The maximum absolute atomic E-state index is 5.54. The van der Waals surface area contributed by atoms with E-state index < -0.39 is 0 Å². The lowest BCUT2D eigenvalue weighted by Gasteiger charge is -2.30. The van der Waals surface area contributed by atoms with Gasteiger partial charge in [-0.25, -0.2) is 5.01 Å². The van der Waals surface area contributed by atoms with Gasteiger partial charge in [-0.15, -0.1) is 0 Å². The Morgan fingerprint density at radius 2 is 1.96 bits per heavy atom. The van der Waals surface area contributed by atoms with E-state index in [0.29, 0.717) is 11.0 Å². The molecule has 128 valence electrons. The molecule has 2 atom stereocenters. The van der Waals surface area contributed by atoms with Gasteiger partial charge in [0.1, 0.15) is 5.75 Å². The smallest absolute Gasteiger partial charge is 0.189 e. The van der Waals surface area contributed by atoms with Crippen molar-refractivity contribution < 1.29 is 4.74 Å². The van der Waals surface area contributed by atoms with Crippen molar-refractivity contribution in [3.63, 3.8) is 0 Å². The normalized spacial score (nSPS) is 21.2. The number of hydrogen-bond donors (Lipinski definition) is 1. The van der Waals surface area contributed by atoms with Crippen LogP contribution in [-0.4, -0.2) is 30.0 Å². The molecule has 25 heavy (non-hydrogen) atoms. The molecule has 4 rings (SSSR count). The minimum absolute atomic E-state index is 0.120. The monoisotopic (exact) mass is 351 g/mol. The van der Waals surface area contributed by atoms with E-state index >= 15 is 0 Å². The fourth-order valence-electron chi connectivity index (χ4n) is 3.88. The van der Waals surface area contributed by atoms with Crippen LogP contribution in [0.15, 0.2) is 53.6 Å². The Kier molecular flexibility index (Phi) is 4.17. The molecule has 1 N–H and O–H groups in total. The van der Waals surface area contributed by atoms with Gasteiger partial charge in [-0.1, -0.05) is 36.4 Å². The average Bonchev–Trinajstić information content (AvgIpc) is 3.07. The molecular weight excluding hydrogens is 330 g/mol. The lowest BCUT2D eigenvalue weighted by atomic mass is 9.77. The SMILES string of the molecule is CNC(=S)N1N=C2c3ccccc3CC[C@@H]2[C@@H]1c1ccc(OC)cc1. The first-order valence-electron chi connectivity index (χ1n) is 8.54. The first kappa shape index (κ1) is 16.1. The largest absolute Gasteiger partial charge is 0.497 e. The van der Waals surface area contributed by atoms with Crippen molar-refractivity contribution in [2.45, 2.75) is 18.9 Å². The molecule has 0 amide bonds. The Labute approximate surface area is 153 Å². The number of ether oxygens (including phenoxy) is 1. The number of methoxy groups -OCH3 is 1. The first-order valence-corrected chi connectivity index (χ1v) is 8.95. The Hall–Kier alpha value is -2.40. The van der Waals surface area contributed by atoms with Crippen LogP contribution in [0.4, 0.5) is 0 Å². The summed E-state index contributed by atoms with van der Waals surface area (Å²) in [5.74, 6) is 1.20.